The van der Waals surface area contributed by atoms with Gasteiger partial charge in [0.05, 0.1) is 0 Å². The minimum atomic E-state index is 0.0167. The Morgan fingerprint density at radius 2 is 2.07 bits per heavy atom. The van der Waals surface area contributed by atoms with Crippen molar-refractivity contribution in [3.05, 3.63) is 0 Å². The zero-order valence-corrected chi connectivity index (χ0v) is 10.4. The highest BCUT2D eigenvalue weighted by Crippen LogP contribution is 2.16. The third-order valence-corrected chi connectivity index (χ3v) is 3.45. The van der Waals surface area contributed by atoms with Crippen molar-refractivity contribution >= 4 is 17.8 Å². The Morgan fingerprint density at radius 3 is 2.73 bits per heavy atom. The fourth-order valence-electron chi connectivity index (χ4n) is 1.90. The van der Waals surface area contributed by atoms with Gasteiger partial charge in [-0.2, -0.15) is 11.8 Å². The lowest BCUT2D eigenvalue weighted by Gasteiger charge is -2.22. The average molecular weight is 230 g/mol. The molecule has 0 aromatic heterocycles. The molecule has 4 heteroatoms. The van der Waals surface area contributed by atoms with Crippen LogP contribution in [0.5, 0.6) is 0 Å². The van der Waals surface area contributed by atoms with Crippen LogP contribution in [-0.4, -0.2) is 30.6 Å². The van der Waals surface area contributed by atoms with Crippen LogP contribution in [0.4, 0.5) is 4.79 Å². The topological polar surface area (TPSA) is 41.1 Å². The molecule has 1 rings (SSSR count). The van der Waals surface area contributed by atoms with Gasteiger partial charge in [0, 0.05) is 12.6 Å². The summed E-state index contributed by atoms with van der Waals surface area (Å²) < 4.78 is 0. The zero-order valence-electron chi connectivity index (χ0n) is 9.55. The van der Waals surface area contributed by atoms with Crippen molar-refractivity contribution < 1.29 is 4.79 Å². The highest BCUT2D eigenvalue weighted by Gasteiger charge is 2.14. The average Bonchev–Trinajstić information content (AvgIpc) is 2.26. The smallest absolute Gasteiger partial charge is 0.315 e. The van der Waals surface area contributed by atoms with Crippen LogP contribution in [0.2, 0.25) is 0 Å². The molecular formula is C11H22N2OS. The van der Waals surface area contributed by atoms with E-state index in [0.29, 0.717) is 6.04 Å². The summed E-state index contributed by atoms with van der Waals surface area (Å²) in [6, 6.07) is 0.433. The van der Waals surface area contributed by atoms with E-state index < -0.39 is 0 Å². The van der Waals surface area contributed by atoms with Crippen molar-refractivity contribution in [2.24, 2.45) is 0 Å². The van der Waals surface area contributed by atoms with Crippen molar-refractivity contribution in [1.29, 1.82) is 0 Å². The lowest BCUT2D eigenvalue weighted by molar-refractivity contribution is 0.232. The van der Waals surface area contributed by atoms with Crippen LogP contribution in [0.1, 0.15) is 38.5 Å². The minimum Gasteiger partial charge on any atom is -0.338 e. The monoisotopic (exact) mass is 230 g/mol. The molecule has 15 heavy (non-hydrogen) atoms. The Bertz CT molecular complexity index is 181. The first-order valence-electron chi connectivity index (χ1n) is 5.86. The standard InChI is InChI=1S/C11H22N2OS/c1-15-9-5-8-12-11(14)13-10-6-3-2-4-7-10/h10H,2-9H2,1H3,(H2,12,13,14). The second kappa shape index (κ2) is 7.85. The second-order valence-corrected chi connectivity index (χ2v) is 5.07. The normalized spacial score (nSPS) is 17.4. The molecular weight excluding hydrogens is 208 g/mol. The fraction of sp³-hybridized carbons (Fsp3) is 0.909. The summed E-state index contributed by atoms with van der Waals surface area (Å²) in [5, 5.41) is 5.94. The maximum atomic E-state index is 11.4. The molecule has 2 amide bonds. The van der Waals surface area contributed by atoms with Crippen molar-refractivity contribution in [3.63, 3.8) is 0 Å². The van der Waals surface area contributed by atoms with Gasteiger partial charge in [-0.1, -0.05) is 19.3 Å². The SMILES string of the molecule is CSCCCNC(=O)NC1CCCCC1. The van der Waals surface area contributed by atoms with Crippen LogP contribution in [0.15, 0.2) is 0 Å². The fourth-order valence-corrected chi connectivity index (χ4v) is 2.33. The lowest BCUT2D eigenvalue weighted by atomic mass is 9.96. The predicted octanol–water partition coefficient (Wildman–Crippen LogP) is 2.37. The number of urea groups is 1. The summed E-state index contributed by atoms with van der Waals surface area (Å²) in [6.45, 7) is 0.791. The zero-order chi connectivity index (χ0) is 10.9. The van der Waals surface area contributed by atoms with Gasteiger partial charge in [-0.05, 0) is 31.3 Å². The molecule has 0 aromatic carbocycles. The van der Waals surface area contributed by atoms with E-state index in [1.54, 1.807) is 0 Å². The lowest BCUT2D eigenvalue weighted by Crippen LogP contribution is -2.43. The molecule has 0 spiro atoms. The van der Waals surface area contributed by atoms with Crippen molar-refractivity contribution in [2.45, 2.75) is 44.6 Å². The quantitative estimate of drug-likeness (QED) is 0.712. The molecule has 0 atom stereocenters. The van der Waals surface area contributed by atoms with Gasteiger partial charge in [0.2, 0.25) is 0 Å². The van der Waals surface area contributed by atoms with Gasteiger partial charge in [-0.15, -0.1) is 0 Å². The van der Waals surface area contributed by atoms with Crippen molar-refractivity contribution in [1.82, 2.24) is 10.6 Å². The number of hydrogen-bond donors (Lipinski definition) is 2. The Morgan fingerprint density at radius 1 is 1.33 bits per heavy atom. The van der Waals surface area contributed by atoms with E-state index in [0.717, 1.165) is 31.6 Å². The molecule has 1 fully saturated rings. The molecule has 0 unspecified atom stereocenters. The maximum absolute atomic E-state index is 11.4. The molecule has 0 bridgehead atoms. The number of nitrogens with one attached hydrogen (secondary N) is 2. The van der Waals surface area contributed by atoms with Crippen molar-refractivity contribution in [3.8, 4) is 0 Å². The number of thioether (sulfide) groups is 1. The van der Waals surface area contributed by atoms with E-state index in [1.165, 1.54) is 19.3 Å². The first-order chi connectivity index (χ1) is 7.33. The number of carbonyl (C=O) groups is 1. The van der Waals surface area contributed by atoms with Gasteiger partial charge in [0.15, 0.2) is 0 Å². The van der Waals surface area contributed by atoms with E-state index in [1.807, 2.05) is 11.8 Å². The number of amides is 2. The Labute approximate surface area is 96.8 Å². The summed E-state index contributed by atoms with van der Waals surface area (Å²) >= 11 is 1.82. The summed E-state index contributed by atoms with van der Waals surface area (Å²) in [4.78, 5) is 11.4. The Kier molecular flexibility index (Phi) is 6.64. The van der Waals surface area contributed by atoms with Crippen LogP contribution in [0, 0.1) is 0 Å². The molecule has 2 N–H and O–H groups in total. The second-order valence-electron chi connectivity index (χ2n) is 4.08. The molecule has 0 saturated heterocycles. The van der Waals surface area contributed by atoms with E-state index in [9.17, 15) is 4.79 Å². The van der Waals surface area contributed by atoms with Crippen LogP contribution in [0.3, 0.4) is 0 Å². The predicted molar refractivity (Wildman–Crippen MR) is 66.4 cm³/mol. The van der Waals surface area contributed by atoms with Crippen LogP contribution >= 0.6 is 11.8 Å². The van der Waals surface area contributed by atoms with Gasteiger partial charge in [-0.25, -0.2) is 4.79 Å². The summed E-state index contributed by atoms with van der Waals surface area (Å²) in [5.74, 6) is 1.11. The van der Waals surface area contributed by atoms with E-state index in [4.69, 9.17) is 0 Å². The Hall–Kier alpha value is -0.380. The third-order valence-electron chi connectivity index (χ3n) is 2.75. The summed E-state index contributed by atoms with van der Waals surface area (Å²) in [6.07, 6.45) is 9.29. The molecule has 1 saturated carbocycles. The van der Waals surface area contributed by atoms with Gasteiger partial charge in [0.25, 0.3) is 0 Å². The summed E-state index contributed by atoms with van der Waals surface area (Å²) in [7, 11) is 0. The van der Waals surface area contributed by atoms with Crippen molar-refractivity contribution in [2.75, 3.05) is 18.6 Å². The van der Waals surface area contributed by atoms with E-state index in [2.05, 4.69) is 16.9 Å². The number of hydrogen-bond acceptors (Lipinski definition) is 2. The molecule has 88 valence electrons. The van der Waals surface area contributed by atoms with E-state index in [-0.39, 0.29) is 6.03 Å². The van der Waals surface area contributed by atoms with E-state index >= 15 is 0 Å². The summed E-state index contributed by atoms with van der Waals surface area (Å²) in [5.41, 5.74) is 0. The first-order valence-corrected chi connectivity index (χ1v) is 7.25. The molecule has 3 nitrogen and oxygen atoms in total. The highest BCUT2D eigenvalue weighted by molar-refractivity contribution is 7.98. The van der Waals surface area contributed by atoms with Crippen LogP contribution in [-0.2, 0) is 0 Å². The molecule has 0 heterocycles. The highest BCUT2D eigenvalue weighted by atomic mass is 32.2. The molecule has 1 aliphatic carbocycles. The van der Waals surface area contributed by atoms with Gasteiger partial charge >= 0.3 is 6.03 Å². The molecule has 0 aromatic rings. The molecule has 1 aliphatic rings. The molecule has 0 radical (unpaired) electrons. The van der Waals surface area contributed by atoms with Crippen LogP contribution in [0.25, 0.3) is 0 Å². The van der Waals surface area contributed by atoms with Gasteiger partial charge < -0.3 is 10.6 Å². The maximum Gasteiger partial charge on any atom is 0.315 e. The largest absolute Gasteiger partial charge is 0.338 e. The van der Waals surface area contributed by atoms with Gasteiger partial charge in [0.1, 0.15) is 0 Å². The first kappa shape index (κ1) is 12.7. The number of rotatable bonds is 5. The number of carbonyl (C=O) groups excluding carboxylic acids is 1. The molecule has 0 aliphatic heterocycles. The minimum absolute atomic E-state index is 0.0167. The van der Waals surface area contributed by atoms with Gasteiger partial charge in [-0.3, -0.25) is 0 Å². The van der Waals surface area contributed by atoms with Crippen LogP contribution < -0.4 is 10.6 Å². The Balaban J connectivity index is 2.01. The third kappa shape index (κ3) is 5.92.